The Morgan fingerprint density at radius 3 is 2.90 bits per heavy atom. The van der Waals surface area contributed by atoms with Crippen LogP contribution in [0.2, 0.25) is 0 Å². The Morgan fingerprint density at radius 1 is 1.48 bits per heavy atom. The van der Waals surface area contributed by atoms with Crippen molar-refractivity contribution in [3.05, 3.63) is 33.9 Å². The summed E-state index contributed by atoms with van der Waals surface area (Å²) in [5, 5.41) is 23.3. The minimum absolute atomic E-state index is 0.122. The van der Waals surface area contributed by atoms with E-state index < -0.39 is 17.1 Å². The van der Waals surface area contributed by atoms with Gasteiger partial charge in [0.05, 0.1) is 11.0 Å². The lowest BCUT2D eigenvalue weighted by Crippen LogP contribution is -2.36. The molecule has 1 aliphatic rings. The molecule has 0 aromatic heterocycles. The number of nitro groups is 1. The zero-order chi connectivity index (χ0) is 15.4. The number of amides is 1. The number of aliphatic hydroxyl groups excluding tert-OH is 1. The number of aliphatic hydroxyl groups is 1. The summed E-state index contributed by atoms with van der Waals surface area (Å²) in [4.78, 5) is 22.1. The van der Waals surface area contributed by atoms with Gasteiger partial charge >= 0.3 is 0 Å². The van der Waals surface area contributed by atoms with Crippen LogP contribution in [0, 0.1) is 10.1 Å². The molecule has 1 aromatic carbocycles. The molecule has 7 nitrogen and oxygen atoms in total. The van der Waals surface area contributed by atoms with Gasteiger partial charge in [-0.2, -0.15) is 0 Å². The van der Waals surface area contributed by atoms with Gasteiger partial charge in [0.25, 0.3) is 11.6 Å². The lowest BCUT2D eigenvalue weighted by Gasteiger charge is -2.19. The van der Waals surface area contributed by atoms with E-state index in [4.69, 9.17) is 4.74 Å². The second kappa shape index (κ2) is 6.53. The fraction of sp³-hybridized carbons (Fsp3) is 0.500. The number of non-ortho nitro benzene ring substituents is 1. The van der Waals surface area contributed by atoms with E-state index >= 15 is 0 Å². The summed E-state index contributed by atoms with van der Waals surface area (Å²) in [7, 11) is 0. The number of rotatable bonds is 4. The molecule has 0 spiro atoms. The molecule has 2 atom stereocenters. The van der Waals surface area contributed by atoms with Crippen LogP contribution in [0.1, 0.15) is 37.9 Å². The van der Waals surface area contributed by atoms with Gasteiger partial charge in [-0.1, -0.05) is 0 Å². The van der Waals surface area contributed by atoms with Crippen molar-refractivity contribution >= 4 is 11.6 Å². The fourth-order valence-electron chi connectivity index (χ4n) is 2.26. The zero-order valence-electron chi connectivity index (χ0n) is 11.7. The van der Waals surface area contributed by atoms with Gasteiger partial charge in [-0.05, 0) is 32.3 Å². The van der Waals surface area contributed by atoms with Crippen LogP contribution < -0.4 is 10.1 Å². The van der Waals surface area contributed by atoms with Crippen LogP contribution in [-0.4, -0.2) is 28.6 Å². The van der Waals surface area contributed by atoms with Crippen LogP contribution >= 0.6 is 0 Å². The summed E-state index contributed by atoms with van der Waals surface area (Å²) in [6.07, 6.45) is 0.789. The average Bonchev–Trinajstić information content (AvgIpc) is 2.64. The Hall–Kier alpha value is -2.15. The van der Waals surface area contributed by atoms with Crippen molar-refractivity contribution in [2.45, 2.75) is 38.4 Å². The van der Waals surface area contributed by atoms with Crippen LogP contribution in [0.4, 0.5) is 5.69 Å². The molecule has 2 N–H and O–H groups in total. The summed E-state index contributed by atoms with van der Waals surface area (Å²) < 4.78 is 5.68. The van der Waals surface area contributed by atoms with Gasteiger partial charge in [0.15, 0.2) is 6.10 Å². The molecule has 1 fully saturated rings. The summed E-state index contributed by atoms with van der Waals surface area (Å²) in [5.41, 5.74) is 0.185. The normalized spacial score (nSPS) is 20.3. The van der Waals surface area contributed by atoms with Crippen LogP contribution in [0.25, 0.3) is 0 Å². The zero-order valence-corrected chi connectivity index (χ0v) is 11.7. The SMILES string of the molecule is C[C@H](O)c1cc([N+](=O)[O-])ccc1OC1CCCCNC1=O. The third-order valence-corrected chi connectivity index (χ3v) is 3.41. The first-order chi connectivity index (χ1) is 9.99. The minimum Gasteiger partial charge on any atom is -0.480 e. The van der Waals surface area contributed by atoms with E-state index in [9.17, 15) is 20.0 Å². The third-order valence-electron chi connectivity index (χ3n) is 3.41. The molecule has 21 heavy (non-hydrogen) atoms. The fourth-order valence-corrected chi connectivity index (χ4v) is 2.26. The van der Waals surface area contributed by atoms with Crippen molar-refractivity contribution in [1.29, 1.82) is 0 Å². The quantitative estimate of drug-likeness (QED) is 0.650. The molecule has 1 amide bonds. The summed E-state index contributed by atoms with van der Waals surface area (Å²) in [6.45, 7) is 2.13. The third kappa shape index (κ3) is 3.69. The molecule has 1 heterocycles. The first kappa shape index (κ1) is 15.2. The molecule has 0 radical (unpaired) electrons. The van der Waals surface area contributed by atoms with Gasteiger partial charge in [0, 0.05) is 24.2 Å². The van der Waals surface area contributed by atoms with E-state index in [1.54, 1.807) is 0 Å². The number of carbonyl (C=O) groups excluding carboxylic acids is 1. The molecule has 1 aliphatic heterocycles. The van der Waals surface area contributed by atoms with E-state index in [2.05, 4.69) is 5.32 Å². The topological polar surface area (TPSA) is 102 Å². The molecule has 1 unspecified atom stereocenters. The molecule has 0 bridgehead atoms. The van der Waals surface area contributed by atoms with Crippen molar-refractivity contribution in [3.63, 3.8) is 0 Å². The first-order valence-electron chi connectivity index (χ1n) is 6.90. The van der Waals surface area contributed by atoms with Crippen LogP contribution in [0.15, 0.2) is 18.2 Å². The van der Waals surface area contributed by atoms with E-state index in [-0.39, 0.29) is 11.6 Å². The first-order valence-corrected chi connectivity index (χ1v) is 6.90. The van der Waals surface area contributed by atoms with E-state index in [1.165, 1.54) is 25.1 Å². The number of hydrogen-bond donors (Lipinski definition) is 2. The van der Waals surface area contributed by atoms with Gasteiger partial charge in [0.1, 0.15) is 5.75 Å². The number of ether oxygens (including phenoxy) is 1. The number of nitro benzene ring substituents is 1. The predicted molar refractivity (Wildman–Crippen MR) is 75.0 cm³/mol. The van der Waals surface area contributed by atoms with Crippen molar-refractivity contribution in [1.82, 2.24) is 5.32 Å². The molecule has 1 aromatic rings. The maximum Gasteiger partial charge on any atom is 0.270 e. The van der Waals surface area contributed by atoms with Crippen molar-refractivity contribution < 1.29 is 19.6 Å². The van der Waals surface area contributed by atoms with Crippen molar-refractivity contribution in [2.24, 2.45) is 0 Å². The van der Waals surface area contributed by atoms with E-state index in [0.717, 1.165) is 12.8 Å². The summed E-state index contributed by atoms with van der Waals surface area (Å²) in [6, 6.07) is 4.00. The minimum atomic E-state index is -0.922. The second-order valence-corrected chi connectivity index (χ2v) is 5.05. The Morgan fingerprint density at radius 2 is 2.24 bits per heavy atom. The molecule has 1 saturated heterocycles. The number of nitrogens with one attached hydrogen (secondary N) is 1. The summed E-state index contributed by atoms with van der Waals surface area (Å²) >= 11 is 0. The highest BCUT2D eigenvalue weighted by atomic mass is 16.6. The monoisotopic (exact) mass is 294 g/mol. The Balaban J connectivity index is 2.25. The Bertz CT molecular complexity index is 544. The molecule has 7 heteroatoms. The molecule has 0 saturated carbocycles. The maximum absolute atomic E-state index is 11.9. The van der Waals surface area contributed by atoms with Crippen LogP contribution in [-0.2, 0) is 4.79 Å². The molecular formula is C14H18N2O5. The average molecular weight is 294 g/mol. The number of carbonyl (C=O) groups is 1. The van der Waals surface area contributed by atoms with Crippen LogP contribution in [0.5, 0.6) is 5.75 Å². The Kier molecular flexibility index (Phi) is 4.74. The van der Waals surface area contributed by atoms with Crippen molar-refractivity contribution in [3.8, 4) is 5.75 Å². The summed E-state index contributed by atoms with van der Waals surface area (Å²) in [5.74, 6) is 0.111. The smallest absolute Gasteiger partial charge is 0.270 e. The van der Waals surface area contributed by atoms with Gasteiger partial charge in [-0.3, -0.25) is 14.9 Å². The molecular weight excluding hydrogens is 276 g/mol. The lowest BCUT2D eigenvalue weighted by atomic mass is 10.1. The van der Waals surface area contributed by atoms with Crippen LogP contribution in [0.3, 0.4) is 0 Å². The highest BCUT2D eigenvalue weighted by Gasteiger charge is 2.24. The van der Waals surface area contributed by atoms with Crippen molar-refractivity contribution in [2.75, 3.05) is 6.54 Å². The molecule has 0 aliphatic carbocycles. The highest BCUT2D eigenvalue weighted by Crippen LogP contribution is 2.30. The number of hydrogen-bond acceptors (Lipinski definition) is 5. The molecule has 2 rings (SSSR count). The standard InChI is InChI=1S/C14H18N2O5/c1-9(17)11-8-10(16(19)20)5-6-12(11)21-13-4-2-3-7-15-14(13)18/h5-6,8-9,13,17H,2-4,7H2,1H3,(H,15,18)/t9-,13?/m0/s1. The number of benzene rings is 1. The van der Waals surface area contributed by atoms with Gasteiger partial charge < -0.3 is 15.2 Å². The highest BCUT2D eigenvalue weighted by molar-refractivity contribution is 5.81. The van der Waals surface area contributed by atoms with E-state index in [1.807, 2.05) is 0 Å². The Labute approximate surface area is 122 Å². The maximum atomic E-state index is 11.9. The lowest BCUT2D eigenvalue weighted by molar-refractivity contribution is -0.385. The van der Waals surface area contributed by atoms with Gasteiger partial charge in [-0.15, -0.1) is 0 Å². The second-order valence-electron chi connectivity index (χ2n) is 5.05. The largest absolute Gasteiger partial charge is 0.480 e. The van der Waals surface area contributed by atoms with E-state index in [0.29, 0.717) is 24.3 Å². The van der Waals surface area contributed by atoms with Gasteiger partial charge in [-0.25, -0.2) is 0 Å². The van der Waals surface area contributed by atoms with Gasteiger partial charge in [0.2, 0.25) is 0 Å². The predicted octanol–water partition coefficient (Wildman–Crippen LogP) is 1.70. The number of nitrogens with zero attached hydrogens (tertiary/aromatic N) is 1. The molecule has 114 valence electrons.